The second-order valence-electron chi connectivity index (χ2n) is 6.86. The van der Waals surface area contributed by atoms with Crippen LogP contribution in [0.4, 0.5) is 0 Å². The molecule has 1 aliphatic heterocycles. The molecule has 3 N–H and O–H groups in total. The average molecular weight is 479 g/mol. The van der Waals surface area contributed by atoms with Crippen LogP contribution in [0.25, 0.3) is 0 Å². The first-order valence-electron chi connectivity index (χ1n) is 9.78. The molecule has 0 aromatic rings. The Hall–Kier alpha value is -1.06. The van der Waals surface area contributed by atoms with Gasteiger partial charge in [0.15, 0.2) is 5.96 Å². The van der Waals surface area contributed by atoms with Gasteiger partial charge in [0.25, 0.3) is 0 Å². The highest BCUT2D eigenvalue weighted by molar-refractivity contribution is 14.0. The van der Waals surface area contributed by atoms with Gasteiger partial charge in [-0.3, -0.25) is 9.59 Å². The lowest BCUT2D eigenvalue weighted by Crippen LogP contribution is -2.42. The predicted molar refractivity (Wildman–Crippen MR) is 115 cm³/mol. The highest BCUT2D eigenvalue weighted by Crippen LogP contribution is 2.17. The standard InChI is InChI=1S/C18H33N5O2.HI/c1-2-19-18(21-14-17(25)23-12-6-7-13-23)20-11-10-16(24)22-15-8-4-3-5-9-15;/h15H,2-14H2,1H3,(H,22,24)(H2,19,20,21);1H. The van der Waals surface area contributed by atoms with Crippen molar-refractivity contribution in [3.63, 3.8) is 0 Å². The third kappa shape index (κ3) is 8.55. The lowest BCUT2D eigenvalue weighted by atomic mass is 9.95. The molecule has 0 aromatic heterocycles. The Kier molecular flexibility index (Phi) is 11.6. The highest BCUT2D eigenvalue weighted by Gasteiger charge is 2.17. The van der Waals surface area contributed by atoms with Gasteiger partial charge in [0.05, 0.1) is 0 Å². The Morgan fingerprint density at radius 1 is 1.04 bits per heavy atom. The number of guanidine groups is 1. The van der Waals surface area contributed by atoms with E-state index in [1.165, 1.54) is 19.3 Å². The van der Waals surface area contributed by atoms with E-state index < -0.39 is 0 Å². The third-order valence-corrected chi connectivity index (χ3v) is 4.79. The lowest BCUT2D eigenvalue weighted by Gasteiger charge is -2.22. The van der Waals surface area contributed by atoms with Crippen molar-refractivity contribution >= 4 is 41.8 Å². The molecule has 1 aliphatic carbocycles. The van der Waals surface area contributed by atoms with Gasteiger partial charge in [-0.2, -0.15) is 0 Å². The van der Waals surface area contributed by atoms with Crippen LogP contribution in [0.3, 0.4) is 0 Å². The Bertz CT molecular complexity index is 460. The molecule has 1 heterocycles. The van der Waals surface area contributed by atoms with Crippen molar-refractivity contribution in [1.29, 1.82) is 0 Å². The molecule has 2 amide bonds. The van der Waals surface area contributed by atoms with Gasteiger partial charge in [-0.05, 0) is 32.6 Å². The average Bonchev–Trinajstić information content (AvgIpc) is 3.15. The van der Waals surface area contributed by atoms with Crippen LogP contribution in [-0.2, 0) is 9.59 Å². The maximum absolute atomic E-state index is 12.1. The van der Waals surface area contributed by atoms with E-state index in [-0.39, 0.29) is 42.3 Å². The van der Waals surface area contributed by atoms with Gasteiger partial charge >= 0.3 is 0 Å². The maximum Gasteiger partial charge on any atom is 0.244 e. The van der Waals surface area contributed by atoms with Gasteiger partial charge in [-0.25, -0.2) is 4.99 Å². The number of nitrogens with one attached hydrogen (secondary N) is 3. The van der Waals surface area contributed by atoms with Crippen LogP contribution in [0.15, 0.2) is 4.99 Å². The monoisotopic (exact) mass is 479 g/mol. The molecule has 150 valence electrons. The van der Waals surface area contributed by atoms with Crippen molar-refractivity contribution in [3.05, 3.63) is 0 Å². The number of rotatable bonds is 7. The van der Waals surface area contributed by atoms with Gasteiger partial charge in [-0.15, -0.1) is 24.0 Å². The van der Waals surface area contributed by atoms with E-state index in [1.54, 1.807) is 0 Å². The van der Waals surface area contributed by atoms with Crippen LogP contribution in [-0.4, -0.2) is 61.4 Å². The van der Waals surface area contributed by atoms with Crippen molar-refractivity contribution in [2.24, 2.45) is 4.99 Å². The molecule has 2 aliphatic rings. The minimum atomic E-state index is 0. The molecule has 0 radical (unpaired) electrons. The summed E-state index contributed by atoms with van der Waals surface area (Å²) in [6.45, 7) is 5.07. The van der Waals surface area contributed by atoms with Gasteiger partial charge in [-0.1, -0.05) is 19.3 Å². The molecular formula is C18H34IN5O2. The first-order valence-corrected chi connectivity index (χ1v) is 9.78. The summed E-state index contributed by atoms with van der Waals surface area (Å²) in [5.74, 6) is 0.758. The number of likely N-dealkylation sites (tertiary alicyclic amines) is 1. The van der Waals surface area contributed by atoms with Gasteiger partial charge in [0, 0.05) is 38.6 Å². The minimum Gasteiger partial charge on any atom is -0.357 e. The second kappa shape index (κ2) is 13.2. The summed E-state index contributed by atoms with van der Waals surface area (Å²) in [5.41, 5.74) is 0. The van der Waals surface area contributed by atoms with Crippen molar-refractivity contribution in [2.45, 2.75) is 64.3 Å². The quantitative estimate of drug-likeness (QED) is 0.294. The molecule has 0 spiro atoms. The van der Waals surface area contributed by atoms with Crippen LogP contribution in [0.5, 0.6) is 0 Å². The van der Waals surface area contributed by atoms with Crippen LogP contribution in [0.2, 0.25) is 0 Å². The van der Waals surface area contributed by atoms with Gasteiger partial charge in [0.1, 0.15) is 6.54 Å². The van der Waals surface area contributed by atoms with Crippen molar-refractivity contribution in [1.82, 2.24) is 20.9 Å². The summed E-state index contributed by atoms with van der Waals surface area (Å²) < 4.78 is 0. The van der Waals surface area contributed by atoms with E-state index >= 15 is 0 Å². The summed E-state index contributed by atoms with van der Waals surface area (Å²) in [6.07, 6.45) is 8.50. The summed E-state index contributed by atoms with van der Waals surface area (Å²) >= 11 is 0. The molecule has 1 saturated carbocycles. The summed E-state index contributed by atoms with van der Waals surface area (Å²) in [4.78, 5) is 30.3. The Balaban J connectivity index is 0.00000338. The Morgan fingerprint density at radius 3 is 2.38 bits per heavy atom. The molecule has 8 heteroatoms. The molecule has 26 heavy (non-hydrogen) atoms. The Labute approximate surface area is 174 Å². The van der Waals surface area contributed by atoms with E-state index in [1.807, 2.05) is 11.8 Å². The van der Waals surface area contributed by atoms with Crippen LogP contribution in [0.1, 0.15) is 58.3 Å². The summed E-state index contributed by atoms with van der Waals surface area (Å²) in [6, 6.07) is 0.348. The molecule has 0 atom stereocenters. The van der Waals surface area contributed by atoms with E-state index in [0.29, 0.717) is 25.0 Å². The minimum absolute atomic E-state index is 0. The molecule has 0 aromatic carbocycles. The first kappa shape index (κ1) is 23.0. The van der Waals surface area contributed by atoms with Crippen LogP contribution >= 0.6 is 24.0 Å². The largest absolute Gasteiger partial charge is 0.357 e. The number of hydrogen-bond donors (Lipinski definition) is 3. The SMILES string of the molecule is CCNC(=NCC(=O)N1CCCC1)NCCC(=O)NC1CCCCC1.I. The Morgan fingerprint density at radius 2 is 1.73 bits per heavy atom. The zero-order chi connectivity index (χ0) is 17.9. The molecule has 2 fully saturated rings. The highest BCUT2D eigenvalue weighted by atomic mass is 127. The maximum atomic E-state index is 12.1. The number of nitrogens with zero attached hydrogens (tertiary/aromatic N) is 2. The molecule has 2 rings (SSSR count). The number of carbonyl (C=O) groups is 2. The zero-order valence-electron chi connectivity index (χ0n) is 15.9. The van der Waals surface area contributed by atoms with Gasteiger partial charge < -0.3 is 20.9 Å². The number of hydrogen-bond acceptors (Lipinski definition) is 3. The van der Waals surface area contributed by atoms with Crippen molar-refractivity contribution in [2.75, 3.05) is 32.7 Å². The van der Waals surface area contributed by atoms with E-state index in [9.17, 15) is 9.59 Å². The normalized spacial score (nSPS) is 18.2. The third-order valence-electron chi connectivity index (χ3n) is 4.79. The predicted octanol–water partition coefficient (Wildman–Crippen LogP) is 1.62. The number of halogens is 1. The number of carbonyl (C=O) groups excluding carboxylic acids is 2. The van der Waals surface area contributed by atoms with E-state index in [0.717, 1.165) is 45.3 Å². The summed E-state index contributed by atoms with van der Waals surface area (Å²) in [7, 11) is 0. The topological polar surface area (TPSA) is 85.8 Å². The number of amides is 2. The molecule has 1 saturated heterocycles. The zero-order valence-corrected chi connectivity index (χ0v) is 18.2. The van der Waals surface area contributed by atoms with E-state index in [4.69, 9.17) is 0 Å². The fraction of sp³-hybridized carbons (Fsp3) is 0.833. The van der Waals surface area contributed by atoms with Gasteiger partial charge in [0.2, 0.25) is 11.8 Å². The molecule has 7 nitrogen and oxygen atoms in total. The van der Waals surface area contributed by atoms with E-state index in [2.05, 4.69) is 20.9 Å². The van der Waals surface area contributed by atoms with Crippen molar-refractivity contribution < 1.29 is 9.59 Å². The molecule has 0 unspecified atom stereocenters. The van der Waals surface area contributed by atoms with Crippen LogP contribution in [0, 0.1) is 0 Å². The molecule has 0 bridgehead atoms. The summed E-state index contributed by atoms with van der Waals surface area (Å²) in [5, 5.41) is 9.37. The fourth-order valence-electron chi connectivity index (χ4n) is 3.40. The fourth-order valence-corrected chi connectivity index (χ4v) is 3.40. The number of aliphatic imine (C=N–C) groups is 1. The second-order valence-corrected chi connectivity index (χ2v) is 6.86. The smallest absolute Gasteiger partial charge is 0.244 e. The first-order chi connectivity index (χ1) is 12.2. The lowest BCUT2D eigenvalue weighted by molar-refractivity contribution is -0.128. The van der Waals surface area contributed by atoms with Crippen LogP contribution < -0.4 is 16.0 Å². The molecular weight excluding hydrogens is 445 g/mol. The van der Waals surface area contributed by atoms with Crippen molar-refractivity contribution in [3.8, 4) is 0 Å².